The van der Waals surface area contributed by atoms with Crippen LogP contribution in [0.1, 0.15) is 50.5 Å². The summed E-state index contributed by atoms with van der Waals surface area (Å²) in [6, 6.07) is 13.8. The fourth-order valence-corrected chi connectivity index (χ4v) is 4.09. The molecular formula is C27H33ClO7. The number of carbonyl (C=O) groups excluding carboxylic acids is 3. The van der Waals surface area contributed by atoms with Gasteiger partial charge < -0.3 is 19.3 Å². The van der Waals surface area contributed by atoms with E-state index in [1.807, 2.05) is 42.5 Å². The van der Waals surface area contributed by atoms with Crippen LogP contribution in [-0.4, -0.2) is 49.8 Å². The van der Waals surface area contributed by atoms with Gasteiger partial charge in [0.2, 0.25) is 0 Å². The third-order valence-corrected chi connectivity index (χ3v) is 6.08. The predicted molar refractivity (Wildman–Crippen MR) is 133 cm³/mol. The molecule has 190 valence electrons. The molecule has 0 aliphatic carbocycles. The van der Waals surface area contributed by atoms with Crippen molar-refractivity contribution in [3.63, 3.8) is 0 Å². The van der Waals surface area contributed by atoms with Crippen molar-refractivity contribution in [3.8, 4) is 16.9 Å². The third kappa shape index (κ3) is 8.67. The Kier molecular flexibility index (Phi) is 11.2. The van der Waals surface area contributed by atoms with Gasteiger partial charge in [-0.3, -0.25) is 9.59 Å². The quantitative estimate of drug-likeness (QED) is 0.287. The van der Waals surface area contributed by atoms with Gasteiger partial charge in [-0.25, -0.2) is 4.79 Å². The number of unbranched alkanes of at least 4 members (excludes halogenated alkanes) is 3. The van der Waals surface area contributed by atoms with Crippen molar-refractivity contribution in [3.05, 3.63) is 53.1 Å². The third-order valence-electron chi connectivity index (χ3n) is 5.84. The number of ether oxygens (including phenoxy) is 3. The Bertz CT molecular complexity index is 1000. The molecule has 0 aromatic heterocycles. The highest BCUT2D eigenvalue weighted by molar-refractivity contribution is 6.30. The number of esters is 2. The number of halogens is 1. The van der Waals surface area contributed by atoms with Crippen LogP contribution in [0, 0.1) is 0 Å². The van der Waals surface area contributed by atoms with E-state index in [1.165, 1.54) is 5.56 Å². The van der Waals surface area contributed by atoms with Crippen LogP contribution >= 0.6 is 11.6 Å². The maximum absolute atomic E-state index is 12.3. The van der Waals surface area contributed by atoms with E-state index in [-0.39, 0.29) is 12.2 Å². The van der Waals surface area contributed by atoms with Crippen molar-refractivity contribution in [1.82, 2.24) is 0 Å². The van der Waals surface area contributed by atoms with Crippen molar-refractivity contribution in [1.29, 1.82) is 0 Å². The molecule has 0 amide bonds. The number of carbonyl (C=O) groups is 3. The predicted octanol–water partition coefficient (Wildman–Crippen LogP) is 4.94. The first-order valence-electron chi connectivity index (χ1n) is 11.5. The van der Waals surface area contributed by atoms with Gasteiger partial charge in [0, 0.05) is 17.9 Å². The van der Waals surface area contributed by atoms with E-state index >= 15 is 0 Å². The number of Topliss-reactive ketones (excluding diaryl/α,β-unsaturated/α-hetero) is 1. The lowest BCUT2D eigenvalue weighted by Gasteiger charge is -2.23. The molecule has 0 aliphatic heterocycles. The van der Waals surface area contributed by atoms with Gasteiger partial charge in [-0.15, -0.1) is 0 Å². The van der Waals surface area contributed by atoms with Crippen LogP contribution in [-0.2, 0) is 30.3 Å². The lowest BCUT2D eigenvalue weighted by molar-refractivity contribution is -0.171. The highest BCUT2D eigenvalue weighted by Crippen LogP contribution is 2.30. The van der Waals surface area contributed by atoms with E-state index < -0.39 is 30.4 Å². The van der Waals surface area contributed by atoms with Crippen LogP contribution in [0.2, 0.25) is 5.02 Å². The maximum Gasteiger partial charge on any atom is 0.338 e. The van der Waals surface area contributed by atoms with Gasteiger partial charge in [-0.2, -0.15) is 0 Å². The van der Waals surface area contributed by atoms with Crippen molar-refractivity contribution >= 4 is 29.3 Å². The number of rotatable bonds is 14. The zero-order chi connectivity index (χ0) is 25.8. The van der Waals surface area contributed by atoms with Crippen LogP contribution in [0.4, 0.5) is 0 Å². The number of aliphatic hydroxyl groups is 1. The first-order chi connectivity index (χ1) is 16.7. The smallest absolute Gasteiger partial charge is 0.338 e. The Morgan fingerprint density at radius 1 is 0.886 bits per heavy atom. The highest BCUT2D eigenvalue weighted by atomic mass is 35.5. The molecule has 8 heteroatoms. The fraction of sp³-hybridized carbons (Fsp3) is 0.444. The van der Waals surface area contributed by atoms with Crippen molar-refractivity contribution in [2.75, 3.05) is 21.3 Å². The molecule has 1 unspecified atom stereocenters. The summed E-state index contributed by atoms with van der Waals surface area (Å²) in [5.74, 6) is -1.32. The van der Waals surface area contributed by atoms with Crippen molar-refractivity contribution < 1.29 is 33.7 Å². The van der Waals surface area contributed by atoms with Gasteiger partial charge in [0.25, 0.3) is 0 Å². The summed E-state index contributed by atoms with van der Waals surface area (Å²) in [5, 5.41) is 11.2. The van der Waals surface area contributed by atoms with Gasteiger partial charge >= 0.3 is 11.9 Å². The van der Waals surface area contributed by atoms with Gasteiger partial charge in [0.1, 0.15) is 11.5 Å². The van der Waals surface area contributed by atoms with E-state index in [1.54, 1.807) is 7.11 Å². The summed E-state index contributed by atoms with van der Waals surface area (Å²) in [6.45, 7) is 0. The number of ketones is 1. The molecule has 35 heavy (non-hydrogen) atoms. The summed E-state index contributed by atoms with van der Waals surface area (Å²) in [4.78, 5) is 35.8. The summed E-state index contributed by atoms with van der Waals surface area (Å²) in [7, 11) is 3.87. The molecule has 2 aromatic carbocycles. The second-order valence-corrected chi connectivity index (χ2v) is 8.87. The monoisotopic (exact) mass is 504 g/mol. The van der Waals surface area contributed by atoms with Crippen molar-refractivity contribution in [2.45, 2.75) is 57.0 Å². The molecule has 0 fully saturated rings. The summed E-state index contributed by atoms with van der Waals surface area (Å²) < 4.78 is 14.3. The normalized spacial score (nSPS) is 12.5. The van der Waals surface area contributed by atoms with Crippen molar-refractivity contribution in [2.24, 2.45) is 0 Å². The molecule has 0 bridgehead atoms. The summed E-state index contributed by atoms with van der Waals surface area (Å²) >= 11 is 6.24. The van der Waals surface area contributed by atoms with Crippen LogP contribution in [0.5, 0.6) is 5.75 Å². The minimum atomic E-state index is -2.20. The Hall–Kier alpha value is -2.90. The Balaban J connectivity index is 1.84. The molecule has 0 aliphatic rings. The fourth-order valence-electron chi connectivity index (χ4n) is 3.92. The SMILES string of the molecule is COC(=O)CC(O)(CC(=O)CCCCCCc1ccc(Cl)cc1-c1ccc(OC)cc1)C(=O)OC. The first kappa shape index (κ1) is 28.3. The standard InChI is InChI=1S/C27H33ClO7/c1-33-23-14-11-20(12-15-23)24-16-21(28)13-10-19(24)8-6-4-5-7-9-22(29)17-27(32,26(31)35-3)18-25(30)34-2/h10-16,32H,4-9,17-18H2,1-3H3. The van der Waals surface area contributed by atoms with Crippen LogP contribution in [0.25, 0.3) is 11.1 Å². The molecule has 2 aromatic rings. The molecule has 0 saturated carbocycles. The topological polar surface area (TPSA) is 99.1 Å². The molecule has 0 heterocycles. The molecule has 0 saturated heterocycles. The maximum atomic E-state index is 12.3. The van der Waals surface area contributed by atoms with Crippen LogP contribution in [0.3, 0.4) is 0 Å². The second-order valence-electron chi connectivity index (χ2n) is 8.44. The molecule has 2 rings (SSSR count). The number of hydrogen-bond donors (Lipinski definition) is 1. The van der Waals surface area contributed by atoms with Gasteiger partial charge in [0.15, 0.2) is 5.60 Å². The van der Waals surface area contributed by atoms with E-state index in [9.17, 15) is 19.5 Å². The lowest BCUT2D eigenvalue weighted by Crippen LogP contribution is -2.43. The van der Waals surface area contributed by atoms with E-state index in [0.29, 0.717) is 11.4 Å². The largest absolute Gasteiger partial charge is 0.497 e. The number of aryl methyl sites for hydroxylation is 1. The number of benzene rings is 2. The van der Waals surface area contributed by atoms with Gasteiger partial charge in [0.05, 0.1) is 27.8 Å². The molecule has 7 nitrogen and oxygen atoms in total. The molecule has 1 atom stereocenters. The van der Waals surface area contributed by atoms with Gasteiger partial charge in [-0.1, -0.05) is 42.6 Å². The first-order valence-corrected chi connectivity index (χ1v) is 11.9. The number of methoxy groups -OCH3 is 3. The summed E-state index contributed by atoms with van der Waals surface area (Å²) in [6.07, 6.45) is 3.27. The minimum Gasteiger partial charge on any atom is -0.497 e. The van der Waals surface area contributed by atoms with E-state index in [4.69, 9.17) is 16.3 Å². The van der Waals surface area contributed by atoms with Crippen LogP contribution in [0.15, 0.2) is 42.5 Å². The molecular weight excluding hydrogens is 472 g/mol. The summed E-state index contributed by atoms with van der Waals surface area (Å²) in [5.41, 5.74) is 1.15. The van der Waals surface area contributed by atoms with E-state index in [0.717, 1.165) is 56.8 Å². The zero-order valence-electron chi connectivity index (χ0n) is 20.5. The molecule has 0 radical (unpaired) electrons. The molecule has 0 spiro atoms. The highest BCUT2D eigenvalue weighted by Gasteiger charge is 2.41. The molecule has 1 N–H and O–H groups in total. The average Bonchev–Trinajstić information content (AvgIpc) is 2.86. The Morgan fingerprint density at radius 2 is 1.57 bits per heavy atom. The Morgan fingerprint density at radius 3 is 2.20 bits per heavy atom. The average molecular weight is 505 g/mol. The zero-order valence-corrected chi connectivity index (χ0v) is 21.2. The minimum absolute atomic E-state index is 0.207. The van der Waals surface area contributed by atoms with Crippen LogP contribution < -0.4 is 4.74 Å². The second kappa shape index (κ2) is 13.9. The lowest BCUT2D eigenvalue weighted by atomic mass is 9.91. The van der Waals surface area contributed by atoms with Gasteiger partial charge in [-0.05, 0) is 60.2 Å². The van der Waals surface area contributed by atoms with E-state index in [2.05, 4.69) is 9.47 Å². The number of hydrogen-bond acceptors (Lipinski definition) is 7. The Labute approximate surface area is 211 Å².